The fourth-order valence-electron chi connectivity index (χ4n) is 3.39. The lowest BCUT2D eigenvalue weighted by molar-refractivity contribution is 0.0709. The lowest BCUT2D eigenvalue weighted by Gasteiger charge is -2.32. The zero-order valence-corrected chi connectivity index (χ0v) is 16.5. The molecule has 0 spiro atoms. The summed E-state index contributed by atoms with van der Waals surface area (Å²) in [6.07, 6.45) is 2.42. The van der Waals surface area contributed by atoms with Crippen molar-refractivity contribution < 1.29 is 9.18 Å². The number of rotatable bonds is 6. The number of amides is 1. The molecule has 2 aromatic rings. The summed E-state index contributed by atoms with van der Waals surface area (Å²) in [5.41, 5.74) is 1.54. The van der Waals surface area contributed by atoms with Gasteiger partial charge in [-0.3, -0.25) is 4.79 Å². The van der Waals surface area contributed by atoms with E-state index in [1.165, 1.54) is 25.0 Å². The molecular weight excluding hydrogens is 363 g/mol. The summed E-state index contributed by atoms with van der Waals surface area (Å²) in [4.78, 5) is 17.3. The fraction of sp³-hybridized carbons (Fsp3) is 0.409. The van der Waals surface area contributed by atoms with Crippen LogP contribution < -0.4 is 0 Å². The van der Waals surface area contributed by atoms with Crippen LogP contribution in [0.4, 0.5) is 4.39 Å². The maximum absolute atomic E-state index is 13.2. The van der Waals surface area contributed by atoms with Crippen LogP contribution in [0, 0.1) is 11.7 Å². The Morgan fingerprint density at radius 2 is 1.74 bits per heavy atom. The molecular formula is C22H26ClFN2O. The summed E-state index contributed by atoms with van der Waals surface area (Å²) < 4.78 is 13.2. The SMILES string of the molecule is CC1CCN(CCN(Cc2ccc(Cl)cc2)C(=O)c2ccc(F)cc2)CC1. The van der Waals surface area contributed by atoms with E-state index in [2.05, 4.69) is 11.8 Å². The predicted octanol–water partition coefficient (Wildman–Crippen LogP) is 4.85. The van der Waals surface area contributed by atoms with Crippen LogP contribution in [-0.2, 0) is 6.54 Å². The number of halogens is 2. The smallest absolute Gasteiger partial charge is 0.254 e. The number of carbonyl (C=O) groups excluding carboxylic acids is 1. The first-order chi connectivity index (χ1) is 13.0. The van der Waals surface area contributed by atoms with E-state index in [0.717, 1.165) is 31.1 Å². The Labute approximate surface area is 165 Å². The molecule has 3 rings (SSSR count). The summed E-state index contributed by atoms with van der Waals surface area (Å²) in [6.45, 7) is 6.47. The van der Waals surface area contributed by atoms with Gasteiger partial charge in [0.1, 0.15) is 5.82 Å². The van der Waals surface area contributed by atoms with E-state index < -0.39 is 0 Å². The number of hydrogen-bond donors (Lipinski definition) is 0. The molecule has 2 aromatic carbocycles. The van der Waals surface area contributed by atoms with Crippen LogP contribution in [0.15, 0.2) is 48.5 Å². The first kappa shape index (κ1) is 19.8. The molecule has 144 valence electrons. The van der Waals surface area contributed by atoms with Crippen LogP contribution >= 0.6 is 11.6 Å². The van der Waals surface area contributed by atoms with Gasteiger partial charge in [-0.2, -0.15) is 0 Å². The maximum Gasteiger partial charge on any atom is 0.254 e. The van der Waals surface area contributed by atoms with Gasteiger partial charge in [-0.25, -0.2) is 4.39 Å². The van der Waals surface area contributed by atoms with Crippen LogP contribution in [0.5, 0.6) is 0 Å². The van der Waals surface area contributed by atoms with E-state index in [1.807, 2.05) is 29.2 Å². The second-order valence-corrected chi connectivity index (χ2v) is 7.82. The van der Waals surface area contributed by atoms with Gasteiger partial charge < -0.3 is 9.80 Å². The zero-order valence-electron chi connectivity index (χ0n) is 15.7. The summed E-state index contributed by atoms with van der Waals surface area (Å²) in [7, 11) is 0. The third kappa shape index (κ3) is 5.78. The highest BCUT2D eigenvalue weighted by atomic mass is 35.5. The van der Waals surface area contributed by atoms with Gasteiger partial charge in [-0.15, -0.1) is 0 Å². The van der Waals surface area contributed by atoms with Gasteiger partial charge in [0.2, 0.25) is 0 Å². The van der Waals surface area contributed by atoms with Crippen molar-refractivity contribution in [2.24, 2.45) is 5.92 Å². The Morgan fingerprint density at radius 3 is 2.37 bits per heavy atom. The van der Waals surface area contributed by atoms with E-state index in [9.17, 15) is 9.18 Å². The molecule has 0 aliphatic carbocycles. The van der Waals surface area contributed by atoms with Crippen molar-refractivity contribution in [2.45, 2.75) is 26.3 Å². The molecule has 1 fully saturated rings. The molecule has 3 nitrogen and oxygen atoms in total. The number of likely N-dealkylation sites (tertiary alicyclic amines) is 1. The Kier molecular flexibility index (Phi) is 6.86. The van der Waals surface area contributed by atoms with Crippen molar-refractivity contribution in [2.75, 3.05) is 26.2 Å². The molecule has 1 saturated heterocycles. The number of piperidine rings is 1. The molecule has 5 heteroatoms. The molecule has 1 amide bonds. The molecule has 1 heterocycles. The summed E-state index contributed by atoms with van der Waals surface area (Å²) in [5.74, 6) is 0.376. The van der Waals surface area contributed by atoms with Gasteiger partial charge in [0.25, 0.3) is 5.91 Å². The monoisotopic (exact) mass is 388 g/mol. The van der Waals surface area contributed by atoms with Crippen LogP contribution in [0.25, 0.3) is 0 Å². The molecule has 1 aliphatic rings. The van der Waals surface area contributed by atoms with Crippen LogP contribution in [0.1, 0.15) is 35.7 Å². The van der Waals surface area contributed by atoms with Crippen molar-refractivity contribution >= 4 is 17.5 Å². The fourth-order valence-corrected chi connectivity index (χ4v) is 3.51. The van der Waals surface area contributed by atoms with Gasteiger partial charge in [-0.05, 0) is 73.8 Å². The van der Waals surface area contributed by atoms with Gasteiger partial charge in [-0.1, -0.05) is 30.7 Å². The molecule has 0 bridgehead atoms. The second kappa shape index (κ2) is 9.34. The van der Waals surface area contributed by atoms with E-state index in [0.29, 0.717) is 23.7 Å². The molecule has 27 heavy (non-hydrogen) atoms. The van der Waals surface area contributed by atoms with Crippen LogP contribution in [-0.4, -0.2) is 41.9 Å². The van der Waals surface area contributed by atoms with E-state index in [1.54, 1.807) is 12.1 Å². The molecule has 0 aromatic heterocycles. The third-order valence-corrected chi connectivity index (χ3v) is 5.48. The number of benzene rings is 2. The lowest BCUT2D eigenvalue weighted by atomic mass is 9.99. The van der Waals surface area contributed by atoms with Crippen LogP contribution in [0.2, 0.25) is 5.02 Å². The zero-order chi connectivity index (χ0) is 19.2. The Bertz CT molecular complexity index is 740. The van der Waals surface area contributed by atoms with Crippen molar-refractivity contribution in [3.8, 4) is 0 Å². The lowest BCUT2D eigenvalue weighted by Crippen LogP contribution is -2.41. The second-order valence-electron chi connectivity index (χ2n) is 7.38. The highest BCUT2D eigenvalue weighted by Crippen LogP contribution is 2.17. The van der Waals surface area contributed by atoms with Gasteiger partial charge in [0, 0.05) is 30.2 Å². The minimum atomic E-state index is -0.335. The van der Waals surface area contributed by atoms with Gasteiger partial charge >= 0.3 is 0 Å². The topological polar surface area (TPSA) is 23.6 Å². The average molecular weight is 389 g/mol. The Morgan fingerprint density at radius 1 is 1.11 bits per heavy atom. The number of nitrogens with zero attached hydrogens (tertiary/aromatic N) is 2. The largest absolute Gasteiger partial charge is 0.333 e. The summed E-state index contributed by atoms with van der Waals surface area (Å²) in [5, 5.41) is 0.678. The quantitative estimate of drug-likeness (QED) is 0.706. The molecule has 0 radical (unpaired) electrons. The van der Waals surface area contributed by atoms with E-state index in [-0.39, 0.29) is 11.7 Å². The summed E-state index contributed by atoms with van der Waals surface area (Å²) >= 11 is 5.97. The minimum absolute atomic E-state index is 0.0738. The van der Waals surface area contributed by atoms with Gasteiger partial charge in [0.05, 0.1) is 0 Å². The number of carbonyl (C=O) groups is 1. The van der Waals surface area contributed by atoms with Crippen LogP contribution in [0.3, 0.4) is 0 Å². The molecule has 0 saturated carbocycles. The van der Waals surface area contributed by atoms with E-state index >= 15 is 0 Å². The summed E-state index contributed by atoms with van der Waals surface area (Å²) in [6, 6.07) is 13.3. The van der Waals surface area contributed by atoms with Crippen molar-refractivity contribution in [1.82, 2.24) is 9.80 Å². The Hall–Kier alpha value is -1.91. The van der Waals surface area contributed by atoms with Crippen molar-refractivity contribution in [3.63, 3.8) is 0 Å². The first-order valence-electron chi connectivity index (χ1n) is 9.53. The van der Waals surface area contributed by atoms with E-state index in [4.69, 9.17) is 11.6 Å². The molecule has 0 N–H and O–H groups in total. The van der Waals surface area contributed by atoms with Gasteiger partial charge in [0.15, 0.2) is 0 Å². The average Bonchev–Trinajstić information content (AvgIpc) is 2.68. The normalized spacial score (nSPS) is 15.7. The highest BCUT2D eigenvalue weighted by Gasteiger charge is 2.20. The highest BCUT2D eigenvalue weighted by molar-refractivity contribution is 6.30. The Balaban J connectivity index is 1.70. The molecule has 1 aliphatic heterocycles. The maximum atomic E-state index is 13.2. The number of hydrogen-bond acceptors (Lipinski definition) is 2. The molecule has 0 atom stereocenters. The van der Waals surface area contributed by atoms with Crippen molar-refractivity contribution in [3.05, 3.63) is 70.5 Å². The standard InChI is InChI=1S/C22H26ClFN2O/c1-17-10-12-25(13-11-17)14-15-26(16-18-2-6-20(23)7-3-18)22(27)19-4-8-21(24)9-5-19/h2-9,17H,10-16H2,1H3. The first-order valence-corrected chi connectivity index (χ1v) is 9.90. The minimum Gasteiger partial charge on any atom is -0.333 e. The third-order valence-electron chi connectivity index (χ3n) is 5.23. The van der Waals surface area contributed by atoms with Crippen molar-refractivity contribution in [1.29, 1.82) is 0 Å². The molecule has 0 unspecified atom stereocenters. The predicted molar refractivity (Wildman–Crippen MR) is 107 cm³/mol.